The van der Waals surface area contributed by atoms with Crippen LogP contribution in [-0.2, 0) is 33.8 Å². The fourth-order valence-electron chi connectivity index (χ4n) is 5.81. The van der Waals surface area contributed by atoms with Crippen LogP contribution in [0.1, 0.15) is 94.2 Å². The number of hydrogen-bond acceptors (Lipinski definition) is 4. The fourth-order valence-corrected chi connectivity index (χ4v) is 5.81. The Bertz CT molecular complexity index is 1250. The third-order valence-electron chi connectivity index (χ3n) is 8.52. The number of carbonyl (C=O) groups excluding carboxylic acids is 3. The molecule has 4 atom stereocenters. The van der Waals surface area contributed by atoms with E-state index in [9.17, 15) is 14.4 Å². The van der Waals surface area contributed by atoms with Crippen molar-refractivity contribution in [2.45, 2.75) is 104 Å². The second kappa shape index (κ2) is 12.1. The summed E-state index contributed by atoms with van der Waals surface area (Å²) >= 11 is 0. The largest absolute Gasteiger partial charge is 0.347 e. The molecular weight excluding hydrogens is 500 g/mol. The molecule has 7 heteroatoms. The van der Waals surface area contributed by atoms with Gasteiger partial charge in [-0.2, -0.15) is 0 Å². The first-order chi connectivity index (χ1) is 18.9. The number of nitrogens with zero attached hydrogens (tertiary/aromatic N) is 1. The van der Waals surface area contributed by atoms with E-state index in [0.717, 1.165) is 30.4 Å². The van der Waals surface area contributed by atoms with Crippen LogP contribution in [0.4, 0.5) is 0 Å². The van der Waals surface area contributed by atoms with Crippen LogP contribution in [0.15, 0.2) is 42.5 Å². The summed E-state index contributed by atoms with van der Waals surface area (Å²) in [6, 6.07) is 12.7. The number of likely N-dealkylation sites (N-methyl/N-ethyl adjacent to an activating group) is 1. The average Bonchev–Trinajstić information content (AvgIpc) is 2.93. The lowest BCUT2D eigenvalue weighted by atomic mass is 9.83. The van der Waals surface area contributed by atoms with Crippen LogP contribution in [0.2, 0.25) is 0 Å². The van der Waals surface area contributed by atoms with Crippen molar-refractivity contribution in [3.05, 3.63) is 70.3 Å². The van der Waals surface area contributed by atoms with Crippen molar-refractivity contribution in [2.75, 3.05) is 7.05 Å². The van der Waals surface area contributed by atoms with Crippen LogP contribution in [-0.4, -0.2) is 47.8 Å². The molecule has 0 radical (unpaired) electrons. The topological polar surface area (TPSA) is 90.5 Å². The molecule has 0 bridgehead atoms. The lowest BCUT2D eigenvalue weighted by Gasteiger charge is -2.42. The molecule has 1 unspecified atom stereocenters. The Morgan fingerprint density at radius 1 is 0.975 bits per heavy atom. The Morgan fingerprint density at radius 2 is 1.70 bits per heavy atom. The van der Waals surface area contributed by atoms with Crippen LogP contribution in [0.3, 0.4) is 0 Å². The highest BCUT2D eigenvalue weighted by atomic mass is 16.2. The second-order valence-corrected chi connectivity index (χ2v) is 12.8. The van der Waals surface area contributed by atoms with Gasteiger partial charge in [0.2, 0.25) is 17.7 Å². The van der Waals surface area contributed by atoms with Crippen LogP contribution >= 0.6 is 0 Å². The number of nitrogens with one attached hydrogen (secondary N) is 3. The quantitative estimate of drug-likeness (QED) is 0.480. The van der Waals surface area contributed by atoms with Crippen molar-refractivity contribution in [1.82, 2.24) is 20.9 Å². The summed E-state index contributed by atoms with van der Waals surface area (Å²) in [5, 5.41) is 9.24. The Morgan fingerprint density at radius 3 is 2.38 bits per heavy atom. The highest BCUT2D eigenvalue weighted by Crippen LogP contribution is 2.33. The van der Waals surface area contributed by atoms with Gasteiger partial charge in [0.05, 0.1) is 12.1 Å². The number of amides is 3. The number of hydrogen-bond donors (Lipinski definition) is 3. The summed E-state index contributed by atoms with van der Waals surface area (Å²) in [7, 11) is 1.72. The van der Waals surface area contributed by atoms with Gasteiger partial charge < -0.3 is 20.9 Å². The molecule has 1 aliphatic carbocycles. The molecule has 4 rings (SSSR count). The summed E-state index contributed by atoms with van der Waals surface area (Å²) in [6.07, 6.45) is 3.34. The lowest BCUT2D eigenvalue weighted by molar-refractivity contribution is -0.147. The molecule has 40 heavy (non-hydrogen) atoms. The number of rotatable bonds is 7. The van der Waals surface area contributed by atoms with Crippen molar-refractivity contribution in [3.63, 3.8) is 0 Å². The minimum atomic E-state index is -0.781. The molecule has 216 valence electrons. The maximum atomic E-state index is 14.3. The van der Waals surface area contributed by atoms with Crippen molar-refractivity contribution < 1.29 is 14.4 Å². The Labute approximate surface area is 239 Å². The van der Waals surface area contributed by atoms with Gasteiger partial charge in [0.25, 0.3) is 0 Å². The van der Waals surface area contributed by atoms with Gasteiger partial charge in [-0.05, 0) is 72.4 Å². The van der Waals surface area contributed by atoms with Crippen molar-refractivity contribution >= 4 is 17.7 Å². The molecule has 0 spiro atoms. The predicted molar refractivity (Wildman–Crippen MR) is 159 cm³/mol. The monoisotopic (exact) mass is 546 g/mol. The van der Waals surface area contributed by atoms with Crippen molar-refractivity contribution in [1.29, 1.82) is 0 Å². The molecule has 0 aromatic heterocycles. The smallest absolute Gasteiger partial charge is 0.246 e. The molecule has 2 aromatic rings. The normalized spacial score (nSPS) is 20.2. The van der Waals surface area contributed by atoms with Crippen molar-refractivity contribution in [3.8, 4) is 0 Å². The molecule has 2 aromatic carbocycles. The molecule has 3 amide bonds. The maximum absolute atomic E-state index is 14.3. The van der Waals surface area contributed by atoms with Gasteiger partial charge in [-0.15, -0.1) is 0 Å². The number of carbonyl (C=O) groups is 3. The highest BCUT2D eigenvalue weighted by molar-refractivity contribution is 5.94. The van der Waals surface area contributed by atoms with E-state index in [1.165, 1.54) is 16.7 Å². The van der Waals surface area contributed by atoms with E-state index in [0.29, 0.717) is 18.9 Å². The molecule has 0 fully saturated rings. The minimum Gasteiger partial charge on any atom is -0.347 e. The fraction of sp³-hybridized carbons (Fsp3) is 0.545. The Balaban J connectivity index is 1.68. The molecule has 7 nitrogen and oxygen atoms in total. The average molecular weight is 547 g/mol. The summed E-state index contributed by atoms with van der Waals surface area (Å²) in [5.74, 6) is -0.258. The molecule has 1 heterocycles. The first kappa shape index (κ1) is 29.8. The summed E-state index contributed by atoms with van der Waals surface area (Å²) in [6.45, 7) is 12.2. The van der Waals surface area contributed by atoms with E-state index in [1.807, 2.05) is 32.9 Å². The molecule has 3 N–H and O–H groups in total. The van der Waals surface area contributed by atoms with Crippen LogP contribution < -0.4 is 16.0 Å². The summed E-state index contributed by atoms with van der Waals surface area (Å²) < 4.78 is 0. The van der Waals surface area contributed by atoms with E-state index in [4.69, 9.17) is 0 Å². The summed E-state index contributed by atoms with van der Waals surface area (Å²) in [4.78, 5) is 43.0. The zero-order chi connectivity index (χ0) is 29.2. The predicted octanol–water partition coefficient (Wildman–Crippen LogP) is 4.40. The molecular formula is C33H46N4O3. The van der Waals surface area contributed by atoms with E-state index in [-0.39, 0.29) is 23.8 Å². The first-order valence-corrected chi connectivity index (χ1v) is 14.7. The number of fused-ring (bicyclic) bond motifs is 2. The number of benzene rings is 2. The highest BCUT2D eigenvalue weighted by Gasteiger charge is 2.43. The van der Waals surface area contributed by atoms with Crippen LogP contribution in [0.5, 0.6) is 0 Å². The van der Waals surface area contributed by atoms with Gasteiger partial charge >= 0.3 is 0 Å². The van der Waals surface area contributed by atoms with E-state index in [1.54, 1.807) is 18.9 Å². The second-order valence-electron chi connectivity index (χ2n) is 12.8. The molecule has 0 saturated carbocycles. The van der Waals surface area contributed by atoms with Gasteiger partial charge in [-0.3, -0.25) is 14.4 Å². The first-order valence-electron chi connectivity index (χ1n) is 14.7. The van der Waals surface area contributed by atoms with Gasteiger partial charge in [-0.1, -0.05) is 77.1 Å². The maximum Gasteiger partial charge on any atom is 0.246 e. The minimum absolute atomic E-state index is 0.0753. The number of aryl methyl sites for hydroxylation is 1. The molecule has 1 aliphatic heterocycles. The van der Waals surface area contributed by atoms with Gasteiger partial charge in [0.1, 0.15) is 12.1 Å². The lowest BCUT2D eigenvalue weighted by Crippen LogP contribution is -2.62. The standard InChI is InChI=1S/C33H46N4O3/c1-20(2)23-15-16-24-18-28(31(39)35-27-14-10-12-22-11-8-9-13-26(22)27)37(19-25(24)17-23)32(40)29(33(4,5)6)36-30(38)21(3)34-7/h8-9,11,13,15-17,20-21,27-29,34H,10,12,14,18-19H2,1-7H3,(H,35,39)(H,36,38)/t21-,27+,28-,29?/m0/s1. The van der Waals surface area contributed by atoms with Crippen LogP contribution in [0.25, 0.3) is 0 Å². The summed E-state index contributed by atoms with van der Waals surface area (Å²) in [5.41, 5.74) is 5.25. The molecule has 2 aliphatic rings. The SMILES string of the molecule is CN[C@@H](C)C(=O)NC(C(=O)N1Cc2cc(C(C)C)ccc2C[C@H]1C(=O)N[C@@H]1CCCc2ccccc21)C(C)(C)C. The van der Waals surface area contributed by atoms with Gasteiger partial charge in [0.15, 0.2) is 0 Å². The third kappa shape index (κ3) is 6.41. The van der Waals surface area contributed by atoms with Gasteiger partial charge in [0, 0.05) is 13.0 Å². The Kier molecular flexibility index (Phi) is 9.03. The van der Waals surface area contributed by atoms with E-state index >= 15 is 0 Å². The van der Waals surface area contributed by atoms with Gasteiger partial charge in [-0.25, -0.2) is 0 Å². The zero-order valence-corrected chi connectivity index (χ0v) is 25.1. The van der Waals surface area contributed by atoms with E-state index < -0.39 is 23.5 Å². The van der Waals surface area contributed by atoms with Crippen LogP contribution in [0, 0.1) is 5.41 Å². The Hall–Kier alpha value is -3.19. The third-order valence-corrected chi connectivity index (χ3v) is 8.52. The molecule has 0 saturated heterocycles. The van der Waals surface area contributed by atoms with E-state index in [2.05, 4.69) is 60.1 Å². The van der Waals surface area contributed by atoms with Crippen molar-refractivity contribution in [2.24, 2.45) is 5.41 Å². The zero-order valence-electron chi connectivity index (χ0n) is 25.1.